The minimum absolute atomic E-state index is 0.00529. The Bertz CT molecular complexity index is 4000. The van der Waals surface area contributed by atoms with Crippen LogP contribution in [0.3, 0.4) is 0 Å². The summed E-state index contributed by atoms with van der Waals surface area (Å²) in [5.74, 6) is -19.9. The summed E-state index contributed by atoms with van der Waals surface area (Å²) in [5, 5.41) is 46.3. The highest BCUT2D eigenvalue weighted by Crippen LogP contribution is 2.21. The van der Waals surface area contributed by atoms with Crippen LogP contribution in [0.4, 0.5) is 0 Å². The highest BCUT2D eigenvalue weighted by molar-refractivity contribution is 6.02. The topological polar surface area (TPSA) is 708 Å². The number of hydrogen-bond donors (Lipinski definition) is 23. The molecule has 0 radical (unpaired) electrons. The molecular formula is C92H166N24O21. The van der Waals surface area contributed by atoms with Gasteiger partial charge in [0.05, 0.1) is 45.2 Å². The molecule has 1 rings (SSSR count). The zero-order valence-electron chi connectivity index (χ0n) is 84.5. The van der Waals surface area contributed by atoms with Gasteiger partial charge < -0.3 is 129 Å². The van der Waals surface area contributed by atoms with Gasteiger partial charge in [0, 0.05) is 6.54 Å². The van der Waals surface area contributed by atoms with Crippen LogP contribution >= 0.6 is 0 Å². The Labute approximate surface area is 807 Å². The second-order valence-electron chi connectivity index (χ2n) is 38.7. The molecule has 45 heteroatoms. The van der Waals surface area contributed by atoms with E-state index in [0.717, 1.165) is 0 Å². The molecular weight excluding hydrogens is 1780 g/mol. The molecule has 0 bridgehead atoms. The quantitative estimate of drug-likeness (QED) is 0.0263. The van der Waals surface area contributed by atoms with Crippen LogP contribution in [0.5, 0.6) is 0 Å². The van der Waals surface area contributed by atoms with Crippen molar-refractivity contribution in [2.75, 3.05) is 52.4 Å². The Morgan fingerprint density at radius 1 is 0.314 bits per heavy atom. The fourth-order valence-electron chi connectivity index (χ4n) is 14.8. The summed E-state index contributed by atoms with van der Waals surface area (Å²) >= 11 is 0. The second kappa shape index (κ2) is 64.0. The fraction of sp³-hybridized carbons (Fsp3) is 0.772. The Hall–Kier alpha value is -11.2. The van der Waals surface area contributed by atoms with Crippen LogP contribution in [0.1, 0.15) is 255 Å². The van der Waals surface area contributed by atoms with E-state index in [0.29, 0.717) is 57.9 Å². The number of nitrogens with zero attached hydrogens (tertiary/aromatic N) is 1. The molecule has 45 nitrogen and oxygen atoms in total. The Kier molecular flexibility index (Phi) is 57.8. The van der Waals surface area contributed by atoms with Crippen LogP contribution in [-0.4, -0.2) is 272 Å². The standard InChI is InChI=1S/C92H166N24O21/c1-22-54(18)73(96)89(134)110-61(37-48(6)7)82(127)102-46-72(122)116-35-29-32-66(116)88(133)113-75(53(16)17)91(136)111-62(38-49(8)9)81(126)100-44-70(120)105-63(39-50(10)11)86(131)112-74(52(14)15)90(135)101-45-71(121)106-65(41-67(95)117)85(130)103-57(21)79(124)109-60(36-47(4)5)80(125)99-42-68(118)98-43-69(119)104-64(40-51(12)13)87(132)115-77(56(20)24-3)92(137)108-58(30-25-27-33-93)83(128)107-59(31-26-28-34-94)84(129)114-76(78(97)123)55(19)23-2/h47-66,73-77H,22-46,93-94,96H2,1-21H3,(H2,95,117)(H2,97,123)(H,98,118)(H,99,125)(H,100,126)(H,101,135)(H,102,127)(H,103,130)(H,104,119)(H,105,120)(H,106,121)(H,107,128)(H,108,137)(H,109,124)(H,110,134)(H,111,136)(H,112,131)(H,113,133)(H,114,129)(H,115,132)/t54-,55-,56-,57-,58-,59-,60-,61-,62-,63-,64-,65-,66-,73-,74-,75-,76-,77-/m0/s1. The third-order valence-corrected chi connectivity index (χ3v) is 23.4. The molecule has 0 aromatic rings. The molecule has 0 spiro atoms. The van der Waals surface area contributed by atoms with Crippen LogP contribution in [0, 0.1) is 59.2 Å². The van der Waals surface area contributed by atoms with Crippen molar-refractivity contribution in [2.24, 2.45) is 87.8 Å². The van der Waals surface area contributed by atoms with Gasteiger partial charge in [-0.1, -0.05) is 158 Å². The zero-order chi connectivity index (χ0) is 105. The van der Waals surface area contributed by atoms with Crippen molar-refractivity contribution >= 4 is 124 Å². The fourth-order valence-corrected chi connectivity index (χ4v) is 14.8. The van der Waals surface area contributed by atoms with Gasteiger partial charge in [-0.15, -0.1) is 0 Å². The van der Waals surface area contributed by atoms with Crippen molar-refractivity contribution in [3.05, 3.63) is 0 Å². The van der Waals surface area contributed by atoms with Gasteiger partial charge in [0.25, 0.3) is 0 Å². The summed E-state index contributed by atoms with van der Waals surface area (Å²) < 4.78 is 0. The Balaban J connectivity index is 3.14. The predicted molar refractivity (Wildman–Crippen MR) is 513 cm³/mol. The van der Waals surface area contributed by atoms with E-state index in [9.17, 15) is 101 Å². The third-order valence-electron chi connectivity index (χ3n) is 23.4. The minimum atomic E-state index is -1.74. The Morgan fingerprint density at radius 3 is 1.06 bits per heavy atom. The largest absolute Gasteiger partial charge is 0.370 e. The van der Waals surface area contributed by atoms with Gasteiger partial charge in [-0.3, -0.25) is 101 Å². The molecule has 28 N–H and O–H groups in total. The molecule has 18 atom stereocenters. The maximum absolute atomic E-state index is 14.3. The lowest BCUT2D eigenvalue weighted by atomic mass is 9.96. The minimum Gasteiger partial charge on any atom is -0.370 e. The summed E-state index contributed by atoms with van der Waals surface area (Å²) in [4.78, 5) is 288. The first-order valence-electron chi connectivity index (χ1n) is 48.4. The van der Waals surface area contributed by atoms with Crippen molar-refractivity contribution in [2.45, 2.75) is 345 Å². The number of hydrogen-bond acceptors (Lipinski definition) is 24. The van der Waals surface area contributed by atoms with Gasteiger partial charge >= 0.3 is 0 Å². The monoisotopic (exact) mass is 1940 g/mol. The van der Waals surface area contributed by atoms with Gasteiger partial charge in [-0.25, -0.2) is 0 Å². The smallest absolute Gasteiger partial charge is 0.243 e. The van der Waals surface area contributed by atoms with Crippen molar-refractivity contribution in [3.8, 4) is 0 Å². The van der Waals surface area contributed by atoms with Crippen LogP contribution < -0.4 is 124 Å². The third kappa shape index (κ3) is 47.1. The van der Waals surface area contributed by atoms with Crippen molar-refractivity contribution in [1.29, 1.82) is 0 Å². The normalized spacial score (nSPS) is 16.3. The van der Waals surface area contributed by atoms with Crippen molar-refractivity contribution in [1.82, 2.24) is 101 Å². The molecule has 1 aliphatic rings. The highest BCUT2D eigenvalue weighted by Gasteiger charge is 2.42. The van der Waals surface area contributed by atoms with Crippen molar-refractivity contribution in [3.63, 3.8) is 0 Å². The number of carbonyl (C=O) groups is 21. The molecule has 0 aromatic heterocycles. The van der Waals surface area contributed by atoms with E-state index in [2.05, 4.69) is 95.7 Å². The number of nitrogens with two attached hydrogens (primary N) is 5. The number of carbonyl (C=O) groups excluding carboxylic acids is 21. The lowest BCUT2D eigenvalue weighted by Crippen LogP contribution is -2.60. The van der Waals surface area contributed by atoms with Gasteiger partial charge in [0.15, 0.2) is 0 Å². The summed E-state index contributed by atoms with van der Waals surface area (Å²) in [7, 11) is 0. The average Bonchev–Trinajstić information content (AvgIpc) is 1.62. The number of likely N-dealkylation sites (tertiary alicyclic amines) is 1. The van der Waals surface area contributed by atoms with Gasteiger partial charge in [0.1, 0.15) is 84.6 Å². The van der Waals surface area contributed by atoms with E-state index in [1.807, 2.05) is 34.6 Å². The molecule has 0 aliphatic carbocycles. The van der Waals surface area contributed by atoms with Crippen molar-refractivity contribution < 1.29 is 101 Å². The van der Waals surface area contributed by atoms with E-state index >= 15 is 0 Å². The SMILES string of the molecule is CC[C@H](C)[C@H](N)C(=O)N[C@@H](CC(C)C)C(=O)NCC(=O)N1CCC[C@H]1C(=O)N[C@H](C(=O)N[C@@H](CC(C)C)C(=O)NCC(=O)N[C@@H](CC(C)C)C(=O)N[C@H](C(=O)NCC(=O)N[C@@H](CC(N)=O)C(=O)N[C@@H](C)C(=O)N[C@@H](CC(C)C)C(=O)NCC(=O)NCC(=O)N[C@@H](CC(C)C)C(=O)N[C@H](C(=O)N[C@@H](CCCCN)C(=O)N[C@@H](CCCCN)C(=O)N[C@H](C(N)=O)[C@@H](C)CC)[C@@H](C)CC)C(C)C)C(C)C. The number of amides is 21. The number of primary amides is 2. The summed E-state index contributed by atoms with van der Waals surface area (Å²) in [6, 6.07) is -18.4. The summed E-state index contributed by atoms with van der Waals surface area (Å²) in [6.07, 6.45) is 3.84. The summed E-state index contributed by atoms with van der Waals surface area (Å²) in [6.45, 7) is 33.7. The van der Waals surface area contributed by atoms with E-state index in [4.69, 9.17) is 28.7 Å². The van der Waals surface area contributed by atoms with Crippen LogP contribution in [0.15, 0.2) is 0 Å². The van der Waals surface area contributed by atoms with Gasteiger partial charge in [-0.05, 0) is 163 Å². The van der Waals surface area contributed by atoms with Crippen LogP contribution in [0.2, 0.25) is 0 Å². The van der Waals surface area contributed by atoms with Crippen LogP contribution in [-0.2, 0) is 101 Å². The maximum atomic E-state index is 14.3. The van der Waals surface area contributed by atoms with Gasteiger partial charge in [0.2, 0.25) is 124 Å². The molecule has 0 aromatic carbocycles. The maximum Gasteiger partial charge on any atom is 0.243 e. The lowest BCUT2D eigenvalue weighted by Gasteiger charge is -2.30. The highest BCUT2D eigenvalue weighted by atomic mass is 16.2. The molecule has 1 fully saturated rings. The molecule has 21 amide bonds. The molecule has 1 saturated heterocycles. The van der Waals surface area contributed by atoms with Gasteiger partial charge in [-0.2, -0.15) is 0 Å². The first kappa shape index (κ1) is 124. The molecule has 0 unspecified atom stereocenters. The number of unbranched alkanes of at least 4 members (excludes halogenated alkanes) is 2. The van der Waals surface area contributed by atoms with E-state index < -0.39 is 272 Å². The first-order chi connectivity index (χ1) is 64.1. The first-order valence-corrected chi connectivity index (χ1v) is 48.4. The molecule has 1 heterocycles. The molecule has 1 aliphatic heterocycles. The Morgan fingerprint density at radius 2 is 0.642 bits per heavy atom. The lowest BCUT2D eigenvalue weighted by molar-refractivity contribution is -0.140. The van der Waals surface area contributed by atoms with Crippen LogP contribution in [0.25, 0.3) is 0 Å². The van der Waals surface area contributed by atoms with E-state index in [1.165, 1.54) is 11.8 Å². The predicted octanol–water partition coefficient (Wildman–Crippen LogP) is -3.49. The number of nitrogens with one attached hydrogen (secondary N) is 18. The number of rotatable bonds is 66. The second-order valence-corrected chi connectivity index (χ2v) is 38.7. The molecule has 0 saturated carbocycles. The zero-order valence-corrected chi connectivity index (χ0v) is 84.5. The van der Waals surface area contributed by atoms with E-state index in [-0.39, 0.29) is 106 Å². The molecule has 137 heavy (non-hydrogen) atoms. The molecule has 780 valence electrons. The average molecular weight is 1940 g/mol. The summed E-state index contributed by atoms with van der Waals surface area (Å²) in [5.41, 5.74) is 28.8. The van der Waals surface area contributed by atoms with E-state index in [1.54, 1.807) is 104 Å².